The molecule has 1 rings (SSSR count). The van der Waals surface area contributed by atoms with Crippen LogP contribution in [0, 0.1) is 0 Å². The second kappa shape index (κ2) is 13.1. The van der Waals surface area contributed by atoms with Crippen LogP contribution in [0.1, 0.15) is 25.0 Å². The summed E-state index contributed by atoms with van der Waals surface area (Å²) in [4.78, 5) is 18.5. The predicted molar refractivity (Wildman–Crippen MR) is 80.9 cm³/mol. The number of rotatable bonds is 4. The maximum absolute atomic E-state index is 9.25. The molecule has 4 heteroatoms. The van der Waals surface area contributed by atoms with Crippen molar-refractivity contribution >= 4 is 11.9 Å². The average molecular weight is 278 g/mol. The van der Waals surface area contributed by atoms with Crippen molar-refractivity contribution in [2.45, 2.75) is 26.7 Å². The molecule has 0 atom stereocenters. The monoisotopic (exact) mass is 278 g/mol. The van der Waals surface area contributed by atoms with Crippen molar-refractivity contribution in [3.05, 3.63) is 60.7 Å². The van der Waals surface area contributed by atoms with Crippen LogP contribution < -0.4 is 0 Å². The Bertz CT molecular complexity index is 395. The van der Waals surface area contributed by atoms with Gasteiger partial charge in [-0.25, -0.2) is 9.59 Å². The highest BCUT2D eigenvalue weighted by Crippen LogP contribution is 2.08. The lowest BCUT2D eigenvalue weighted by Gasteiger charge is -2.02. The molecular weight excluding hydrogens is 256 g/mol. The van der Waals surface area contributed by atoms with E-state index in [0.29, 0.717) is 0 Å². The van der Waals surface area contributed by atoms with Crippen LogP contribution in [-0.4, -0.2) is 22.2 Å². The van der Waals surface area contributed by atoms with Crippen LogP contribution in [0.25, 0.3) is 0 Å². The Morgan fingerprint density at radius 3 is 1.35 bits per heavy atom. The van der Waals surface area contributed by atoms with Crippen molar-refractivity contribution in [1.82, 2.24) is 0 Å². The third-order valence-corrected chi connectivity index (χ3v) is 2.23. The van der Waals surface area contributed by atoms with E-state index < -0.39 is 11.9 Å². The molecule has 1 aromatic carbocycles. The maximum atomic E-state index is 9.25. The smallest absolute Gasteiger partial charge is 0.327 e. The Kier molecular flexibility index (Phi) is 13.1. The van der Waals surface area contributed by atoms with Crippen LogP contribution in [0.15, 0.2) is 49.6 Å². The number of carboxylic acids is 2. The summed E-state index contributed by atoms with van der Waals surface area (Å²) >= 11 is 0. The first-order valence-electron chi connectivity index (χ1n) is 6.20. The van der Waals surface area contributed by atoms with Gasteiger partial charge in [-0.3, -0.25) is 0 Å². The fourth-order valence-corrected chi connectivity index (χ4v) is 1.25. The fraction of sp³-hybridized carbons (Fsp3) is 0.250. The van der Waals surface area contributed by atoms with Crippen LogP contribution in [0.3, 0.4) is 0 Å². The molecule has 0 aliphatic heterocycles. The molecule has 0 unspecified atom stereocenters. The van der Waals surface area contributed by atoms with E-state index in [9.17, 15) is 9.59 Å². The molecule has 0 aromatic heterocycles. The number of hydrogen-bond acceptors (Lipinski definition) is 2. The summed E-state index contributed by atoms with van der Waals surface area (Å²) in [6, 6.07) is 8.63. The van der Waals surface area contributed by atoms with Crippen molar-refractivity contribution < 1.29 is 19.8 Å². The Labute approximate surface area is 120 Å². The minimum Gasteiger partial charge on any atom is -0.478 e. The minimum absolute atomic E-state index is 0.833. The van der Waals surface area contributed by atoms with Crippen LogP contribution in [0.2, 0.25) is 0 Å². The molecule has 0 aliphatic rings. The van der Waals surface area contributed by atoms with Gasteiger partial charge in [-0.15, -0.1) is 0 Å². The third kappa shape index (κ3) is 12.1. The summed E-state index contributed by atoms with van der Waals surface area (Å²) in [6.07, 6.45) is 3.98. The number of hydrogen-bond donors (Lipinski definition) is 2. The fourth-order valence-electron chi connectivity index (χ4n) is 1.25. The van der Waals surface area contributed by atoms with Crippen molar-refractivity contribution in [3.8, 4) is 0 Å². The molecule has 0 heterocycles. The molecule has 0 saturated heterocycles. The summed E-state index contributed by atoms with van der Waals surface area (Å²) in [7, 11) is 0. The number of aryl methyl sites for hydroxylation is 2. The molecule has 0 spiro atoms. The first kappa shape index (κ1) is 20.0. The zero-order chi connectivity index (χ0) is 16.0. The quantitative estimate of drug-likeness (QED) is 0.828. The molecule has 4 nitrogen and oxygen atoms in total. The van der Waals surface area contributed by atoms with Gasteiger partial charge in [0, 0.05) is 12.2 Å². The Balaban J connectivity index is 0. The molecule has 0 fully saturated rings. The van der Waals surface area contributed by atoms with Gasteiger partial charge in [-0.05, 0) is 24.0 Å². The van der Waals surface area contributed by atoms with Crippen molar-refractivity contribution in [2.75, 3.05) is 0 Å². The molecule has 0 aliphatic carbocycles. The molecule has 110 valence electrons. The van der Waals surface area contributed by atoms with E-state index in [2.05, 4.69) is 51.3 Å². The molecule has 0 amide bonds. The summed E-state index contributed by atoms with van der Waals surface area (Å²) in [5, 5.41) is 15.2. The highest BCUT2D eigenvalue weighted by atomic mass is 16.4. The molecule has 0 radical (unpaired) electrons. The first-order valence-corrected chi connectivity index (χ1v) is 6.20. The van der Waals surface area contributed by atoms with Gasteiger partial charge in [0.05, 0.1) is 0 Å². The van der Waals surface area contributed by atoms with Crippen molar-refractivity contribution in [2.24, 2.45) is 0 Å². The standard InChI is InChI=1S/C10H14.2C3H4O2/c1-3-9-7-5-6-8-10(9)4-2;2*1-2-3(4)5/h5-8H,3-4H2,1-2H3;2*2H,1H2,(H,4,5). The van der Waals surface area contributed by atoms with Crippen LogP contribution >= 0.6 is 0 Å². The van der Waals surface area contributed by atoms with E-state index in [1.165, 1.54) is 11.1 Å². The van der Waals surface area contributed by atoms with Crippen LogP contribution in [0.5, 0.6) is 0 Å². The molecule has 0 bridgehead atoms. The second-order valence-electron chi connectivity index (χ2n) is 3.56. The summed E-state index contributed by atoms with van der Waals surface area (Å²) in [5.74, 6) is -1.96. The second-order valence-corrected chi connectivity index (χ2v) is 3.56. The van der Waals surface area contributed by atoms with E-state index in [-0.39, 0.29) is 0 Å². The topological polar surface area (TPSA) is 74.6 Å². The van der Waals surface area contributed by atoms with Crippen molar-refractivity contribution in [3.63, 3.8) is 0 Å². The lowest BCUT2D eigenvalue weighted by molar-refractivity contribution is -0.132. The summed E-state index contributed by atoms with van der Waals surface area (Å²) in [6.45, 7) is 10.3. The van der Waals surface area contributed by atoms with Crippen molar-refractivity contribution in [1.29, 1.82) is 0 Å². The zero-order valence-corrected chi connectivity index (χ0v) is 12.0. The van der Waals surface area contributed by atoms with E-state index in [1.807, 2.05) is 0 Å². The number of carboxylic acid groups (broad SMARTS) is 2. The molecule has 0 saturated carbocycles. The van der Waals surface area contributed by atoms with Gasteiger partial charge in [0.15, 0.2) is 0 Å². The van der Waals surface area contributed by atoms with Crippen LogP contribution in [-0.2, 0) is 22.4 Å². The SMILES string of the molecule is C=CC(=O)O.C=CC(=O)O.CCc1ccccc1CC. The third-order valence-electron chi connectivity index (χ3n) is 2.23. The van der Waals surface area contributed by atoms with Gasteiger partial charge in [0.25, 0.3) is 0 Å². The Morgan fingerprint density at radius 1 is 0.950 bits per heavy atom. The summed E-state index contributed by atoms with van der Waals surface area (Å²) in [5.41, 5.74) is 2.98. The van der Waals surface area contributed by atoms with Gasteiger partial charge in [-0.1, -0.05) is 51.3 Å². The molecule has 1 aromatic rings. The zero-order valence-electron chi connectivity index (χ0n) is 12.0. The Morgan fingerprint density at radius 2 is 1.20 bits per heavy atom. The van der Waals surface area contributed by atoms with Crippen LogP contribution in [0.4, 0.5) is 0 Å². The van der Waals surface area contributed by atoms with E-state index >= 15 is 0 Å². The van der Waals surface area contributed by atoms with Gasteiger partial charge in [0.2, 0.25) is 0 Å². The lowest BCUT2D eigenvalue weighted by Crippen LogP contribution is -1.88. The molecule has 20 heavy (non-hydrogen) atoms. The average Bonchev–Trinajstić information content (AvgIpc) is 2.48. The van der Waals surface area contributed by atoms with Gasteiger partial charge in [-0.2, -0.15) is 0 Å². The number of benzene rings is 1. The van der Waals surface area contributed by atoms with Gasteiger partial charge < -0.3 is 10.2 Å². The molecular formula is C16H22O4. The highest BCUT2D eigenvalue weighted by molar-refractivity contribution is 5.79. The lowest BCUT2D eigenvalue weighted by atomic mass is 10.0. The predicted octanol–water partition coefficient (Wildman–Crippen LogP) is 3.33. The minimum atomic E-state index is -0.981. The van der Waals surface area contributed by atoms with Gasteiger partial charge >= 0.3 is 11.9 Å². The molecule has 2 N–H and O–H groups in total. The van der Waals surface area contributed by atoms with E-state index in [0.717, 1.165) is 25.0 Å². The Hall–Kier alpha value is -2.36. The highest BCUT2D eigenvalue weighted by Gasteiger charge is 1.93. The number of carbonyl (C=O) groups is 2. The normalized spacial score (nSPS) is 8.10. The van der Waals surface area contributed by atoms with E-state index in [4.69, 9.17) is 10.2 Å². The van der Waals surface area contributed by atoms with Gasteiger partial charge in [0.1, 0.15) is 0 Å². The maximum Gasteiger partial charge on any atom is 0.327 e. The van der Waals surface area contributed by atoms with E-state index in [1.54, 1.807) is 0 Å². The first-order chi connectivity index (χ1) is 9.42. The summed E-state index contributed by atoms with van der Waals surface area (Å²) < 4.78 is 0. The number of aliphatic carboxylic acids is 2. The largest absolute Gasteiger partial charge is 0.478 e.